The highest BCUT2D eigenvalue weighted by atomic mass is 127. The Labute approximate surface area is 177 Å². The van der Waals surface area contributed by atoms with Crippen molar-refractivity contribution in [1.82, 2.24) is 14.9 Å². The molecular weight excluding hydrogens is 485 g/mol. The minimum absolute atomic E-state index is 0. The van der Waals surface area contributed by atoms with E-state index in [-0.39, 0.29) is 30.5 Å². The first-order valence-electron chi connectivity index (χ1n) is 8.68. The third-order valence-corrected chi connectivity index (χ3v) is 7.07. The zero-order valence-corrected chi connectivity index (χ0v) is 19.6. The molecule has 1 aromatic heterocycles. The molecule has 1 atom stereocenters. The molecule has 7 nitrogen and oxygen atoms in total. The molecule has 26 heavy (non-hydrogen) atoms. The number of guanidine groups is 1. The Morgan fingerprint density at radius 3 is 2.77 bits per heavy atom. The molecule has 0 saturated carbocycles. The van der Waals surface area contributed by atoms with Crippen LogP contribution < -0.4 is 15.8 Å². The molecule has 150 valence electrons. The van der Waals surface area contributed by atoms with E-state index in [2.05, 4.69) is 26.9 Å². The van der Waals surface area contributed by atoms with Crippen LogP contribution in [-0.2, 0) is 10.0 Å². The molecule has 0 amide bonds. The number of nitrogens with two attached hydrogens (primary N) is 1. The van der Waals surface area contributed by atoms with E-state index >= 15 is 0 Å². The van der Waals surface area contributed by atoms with Crippen LogP contribution in [0, 0.1) is 13.8 Å². The Morgan fingerprint density at radius 2 is 2.15 bits per heavy atom. The minimum Gasteiger partial charge on any atom is -0.370 e. The third kappa shape index (κ3) is 6.63. The molecule has 0 aliphatic carbocycles. The van der Waals surface area contributed by atoms with Crippen LogP contribution in [0.5, 0.6) is 0 Å². The Bertz CT molecular complexity index is 705. The number of aryl methyl sites for hydroxylation is 2. The van der Waals surface area contributed by atoms with Crippen molar-refractivity contribution in [2.45, 2.75) is 44.6 Å². The van der Waals surface area contributed by atoms with Gasteiger partial charge in [0.05, 0.1) is 11.4 Å². The molecule has 1 aromatic rings. The van der Waals surface area contributed by atoms with Gasteiger partial charge in [-0.15, -0.1) is 35.3 Å². The third-order valence-electron chi connectivity index (χ3n) is 4.39. The lowest BCUT2D eigenvalue weighted by atomic mass is 10.2. The summed E-state index contributed by atoms with van der Waals surface area (Å²) in [4.78, 5) is 8.94. The maximum atomic E-state index is 12.3. The van der Waals surface area contributed by atoms with E-state index in [1.807, 2.05) is 13.8 Å². The van der Waals surface area contributed by atoms with Crippen molar-refractivity contribution in [2.75, 3.05) is 32.7 Å². The average molecular weight is 515 g/mol. The van der Waals surface area contributed by atoms with Crippen LogP contribution in [-0.4, -0.2) is 58.0 Å². The van der Waals surface area contributed by atoms with Gasteiger partial charge in [-0.25, -0.2) is 13.1 Å². The van der Waals surface area contributed by atoms with Crippen LogP contribution in [0.15, 0.2) is 16.0 Å². The molecule has 0 radical (unpaired) electrons. The lowest BCUT2D eigenvalue weighted by Crippen LogP contribution is -2.39. The van der Waals surface area contributed by atoms with Gasteiger partial charge < -0.3 is 11.1 Å². The van der Waals surface area contributed by atoms with Gasteiger partial charge in [0.15, 0.2) is 5.96 Å². The number of likely N-dealkylation sites (tertiary alicyclic amines) is 1. The summed E-state index contributed by atoms with van der Waals surface area (Å²) in [5.74, 6) is 0.365. The summed E-state index contributed by atoms with van der Waals surface area (Å²) in [6, 6.07) is 2.17. The van der Waals surface area contributed by atoms with E-state index in [0.717, 1.165) is 29.3 Å². The summed E-state index contributed by atoms with van der Waals surface area (Å²) in [5.41, 5.74) is 5.87. The first kappa shape index (κ1) is 23.6. The van der Waals surface area contributed by atoms with Gasteiger partial charge in [-0.2, -0.15) is 0 Å². The molecule has 1 fully saturated rings. The van der Waals surface area contributed by atoms with Gasteiger partial charge in [0.2, 0.25) is 10.0 Å². The topological polar surface area (TPSA) is 99.8 Å². The maximum Gasteiger partial charge on any atom is 0.241 e. The van der Waals surface area contributed by atoms with Crippen LogP contribution in [0.2, 0.25) is 0 Å². The number of nitrogens with zero attached hydrogens (tertiary/aromatic N) is 2. The highest BCUT2D eigenvalue weighted by Gasteiger charge is 2.22. The normalized spacial score (nSPS) is 18.7. The zero-order valence-electron chi connectivity index (χ0n) is 15.6. The van der Waals surface area contributed by atoms with Gasteiger partial charge in [-0.05, 0) is 45.8 Å². The summed E-state index contributed by atoms with van der Waals surface area (Å²) in [6.45, 7) is 9.40. The second-order valence-corrected chi connectivity index (χ2v) is 9.45. The Kier molecular flexibility index (Phi) is 9.80. The fourth-order valence-corrected chi connectivity index (χ4v) is 5.69. The monoisotopic (exact) mass is 515 g/mol. The van der Waals surface area contributed by atoms with Crippen molar-refractivity contribution in [2.24, 2.45) is 10.7 Å². The number of hydrogen-bond donors (Lipinski definition) is 3. The van der Waals surface area contributed by atoms with Crippen molar-refractivity contribution < 1.29 is 8.42 Å². The van der Waals surface area contributed by atoms with Crippen molar-refractivity contribution in [3.63, 3.8) is 0 Å². The molecule has 10 heteroatoms. The van der Waals surface area contributed by atoms with E-state index in [0.29, 0.717) is 30.0 Å². The number of rotatable bonds is 8. The molecule has 1 aliphatic rings. The van der Waals surface area contributed by atoms with Gasteiger partial charge in [-0.1, -0.05) is 6.92 Å². The van der Waals surface area contributed by atoms with Crippen molar-refractivity contribution in [3.05, 3.63) is 15.8 Å². The molecule has 2 heterocycles. The Hall–Kier alpha value is -0.430. The number of hydrogen-bond acceptors (Lipinski definition) is 5. The average Bonchev–Trinajstić information content (AvgIpc) is 3.15. The van der Waals surface area contributed by atoms with Gasteiger partial charge in [0.1, 0.15) is 0 Å². The molecule has 0 aromatic carbocycles. The van der Waals surface area contributed by atoms with E-state index in [4.69, 9.17) is 5.73 Å². The van der Waals surface area contributed by atoms with E-state index in [1.54, 1.807) is 6.07 Å². The molecule has 4 N–H and O–H groups in total. The summed E-state index contributed by atoms with van der Waals surface area (Å²) < 4.78 is 27.2. The summed E-state index contributed by atoms with van der Waals surface area (Å²) in [7, 11) is -3.47. The summed E-state index contributed by atoms with van der Waals surface area (Å²) in [6.07, 6.45) is 2.37. The van der Waals surface area contributed by atoms with Crippen molar-refractivity contribution in [3.8, 4) is 0 Å². The van der Waals surface area contributed by atoms with Gasteiger partial charge in [0, 0.05) is 28.9 Å². The largest absolute Gasteiger partial charge is 0.370 e. The van der Waals surface area contributed by atoms with E-state index in [9.17, 15) is 8.42 Å². The van der Waals surface area contributed by atoms with Gasteiger partial charge in [0.25, 0.3) is 0 Å². The van der Waals surface area contributed by atoms with Crippen molar-refractivity contribution in [1.29, 1.82) is 0 Å². The second kappa shape index (κ2) is 10.8. The Balaban J connectivity index is 0.00000338. The van der Waals surface area contributed by atoms with Crippen LogP contribution in [0.1, 0.15) is 29.5 Å². The van der Waals surface area contributed by atoms with Gasteiger partial charge >= 0.3 is 0 Å². The lowest BCUT2D eigenvalue weighted by Gasteiger charge is -2.20. The molecule has 1 saturated heterocycles. The number of sulfonamides is 1. The van der Waals surface area contributed by atoms with Crippen molar-refractivity contribution >= 4 is 51.3 Å². The standard InChI is InChI=1S/C16H29N5O2S2.HI/c1-4-21-9-5-6-14(21)11-19-16(17)18-7-8-20-25(22,23)15-10-12(2)24-13(15)3;/h10,14,20H,4-9,11H2,1-3H3,(H3,17,18,19);1H. The number of thiophene rings is 1. The number of halogens is 1. The van der Waals surface area contributed by atoms with E-state index < -0.39 is 10.0 Å². The van der Waals surface area contributed by atoms with E-state index in [1.165, 1.54) is 17.8 Å². The number of aliphatic imine (C=N–C) groups is 1. The van der Waals surface area contributed by atoms with Gasteiger partial charge in [-0.3, -0.25) is 9.89 Å². The fourth-order valence-electron chi connectivity index (χ4n) is 3.11. The molecule has 0 spiro atoms. The molecule has 1 aliphatic heterocycles. The lowest BCUT2D eigenvalue weighted by molar-refractivity contribution is 0.273. The highest BCUT2D eigenvalue weighted by Crippen LogP contribution is 2.24. The smallest absolute Gasteiger partial charge is 0.241 e. The number of nitrogens with one attached hydrogen (secondary N) is 2. The predicted molar refractivity (Wildman–Crippen MR) is 119 cm³/mol. The fraction of sp³-hybridized carbons (Fsp3) is 0.688. The Morgan fingerprint density at radius 1 is 1.42 bits per heavy atom. The quantitative estimate of drug-likeness (QED) is 0.212. The molecule has 1 unspecified atom stereocenters. The van der Waals surface area contributed by atoms with Crippen LogP contribution in [0.4, 0.5) is 0 Å². The predicted octanol–water partition coefficient (Wildman–Crippen LogP) is 1.65. The maximum absolute atomic E-state index is 12.3. The highest BCUT2D eigenvalue weighted by molar-refractivity contribution is 14.0. The molecule has 0 bridgehead atoms. The zero-order chi connectivity index (χ0) is 18.4. The summed E-state index contributed by atoms with van der Waals surface area (Å²) >= 11 is 1.48. The molecule has 2 rings (SSSR count). The SMILES string of the molecule is CCN1CCCC1CN=C(N)NCCNS(=O)(=O)c1cc(C)sc1C.I. The number of likely N-dealkylation sites (N-methyl/N-ethyl adjacent to an activating group) is 1. The summed E-state index contributed by atoms with van der Waals surface area (Å²) in [5, 5.41) is 2.97. The van der Waals surface area contributed by atoms with Crippen LogP contribution >= 0.6 is 35.3 Å². The van der Waals surface area contributed by atoms with Crippen LogP contribution in [0.25, 0.3) is 0 Å². The molecular formula is C16H30IN5O2S2. The first-order chi connectivity index (χ1) is 11.8. The van der Waals surface area contributed by atoms with Crippen LogP contribution in [0.3, 0.4) is 0 Å². The second-order valence-electron chi connectivity index (χ2n) is 6.25. The minimum atomic E-state index is -3.47. The first-order valence-corrected chi connectivity index (χ1v) is 11.0.